The molecule has 2 unspecified atom stereocenters. The van der Waals surface area contributed by atoms with E-state index in [9.17, 15) is 4.79 Å². The van der Waals surface area contributed by atoms with E-state index in [1.807, 2.05) is 18.2 Å². The van der Waals surface area contributed by atoms with Crippen LogP contribution in [-0.2, 0) is 4.79 Å². The molecule has 2 rings (SSSR count). The van der Waals surface area contributed by atoms with Crippen LogP contribution < -0.4 is 10.5 Å². The summed E-state index contributed by atoms with van der Waals surface area (Å²) in [4.78, 5) is 12.0. The van der Waals surface area contributed by atoms with E-state index in [0.717, 1.165) is 30.6 Å². The van der Waals surface area contributed by atoms with Crippen molar-refractivity contribution in [1.29, 1.82) is 0 Å². The summed E-state index contributed by atoms with van der Waals surface area (Å²) in [5.41, 5.74) is 7.04. The van der Waals surface area contributed by atoms with E-state index in [1.165, 1.54) is 0 Å². The molecule has 0 amide bonds. The zero-order chi connectivity index (χ0) is 13.0. The SMILES string of the molecule is CCCC(N)C(=O)CC1CCOc2ccccc21. The maximum atomic E-state index is 12.0. The minimum Gasteiger partial charge on any atom is -0.493 e. The van der Waals surface area contributed by atoms with Crippen LogP contribution in [0.4, 0.5) is 0 Å². The van der Waals surface area contributed by atoms with Crippen LogP contribution in [0, 0.1) is 0 Å². The lowest BCUT2D eigenvalue weighted by Crippen LogP contribution is -2.32. The molecule has 1 aromatic rings. The zero-order valence-electron chi connectivity index (χ0n) is 10.9. The number of fused-ring (bicyclic) bond motifs is 1. The predicted octanol–water partition coefficient (Wildman–Crippen LogP) is 2.64. The van der Waals surface area contributed by atoms with Gasteiger partial charge in [-0.2, -0.15) is 0 Å². The Hall–Kier alpha value is -1.35. The van der Waals surface area contributed by atoms with Gasteiger partial charge in [-0.25, -0.2) is 0 Å². The van der Waals surface area contributed by atoms with Crippen LogP contribution >= 0.6 is 0 Å². The number of Topliss-reactive ketones (excluding diaryl/α,β-unsaturated/α-hetero) is 1. The molecular weight excluding hydrogens is 226 g/mol. The first-order valence-corrected chi connectivity index (χ1v) is 6.72. The first-order valence-electron chi connectivity index (χ1n) is 6.72. The standard InChI is InChI=1S/C15H21NO2/c1-2-5-13(16)14(17)10-11-8-9-18-15-7-4-3-6-12(11)15/h3-4,6-7,11,13H,2,5,8-10,16H2,1H3. The number of ketones is 1. The van der Waals surface area contributed by atoms with Crippen molar-refractivity contribution < 1.29 is 9.53 Å². The van der Waals surface area contributed by atoms with E-state index in [2.05, 4.69) is 13.0 Å². The van der Waals surface area contributed by atoms with E-state index >= 15 is 0 Å². The number of hydrogen-bond donors (Lipinski definition) is 1. The Morgan fingerprint density at radius 3 is 3.06 bits per heavy atom. The molecule has 98 valence electrons. The molecule has 0 radical (unpaired) electrons. The second-order valence-corrected chi connectivity index (χ2v) is 4.94. The number of para-hydroxylation sites is 1. The Morgan fingerprint density at radius 2 is 2.28 bits per heavy atom. The van der Waals surface area contributed by atoms with Crippen molar-refractivity contribution in [1.82, 2.24) is 0 Å². The van der Waals surface area contributed by atoms with Crippen molar-refractivity contribution in [2.75, 3.05) is 6.61 Å². The van der Waals surface area contributed by atoms with Crippen LogP contribution in [0.1, 0.15) is 44.1 Å². The predicted molar refractivity (Wildman–Crippen MR) is 71.8 cm³/mol. The summed E-state index contributed by atoms with van der Waals surface area (Å²) in [5, 5.41) is 0. The average Bonchev–Trinajstić information content (AvgIpc) is 2.39. The molecule has 0 aromatic heterocycles. The summed E-state index contributed by atoms with van der Waals surface area (Å²) in [5.74, 6) is 1.37. The van der Waals surface area contributed by atoms with Gasteiger partial charge in [0.15, 0.2) is 0 Å². The van der Waals surface area contributed by atoms with Gasteiger partial charge < -0.3 is 10.5 Å². The molecule has 1 heterocycles. The summed E-state index contributed by atoms with van der Waals surface area (Å²) >= 11 is 0. The van der Waals surface area contributed by atoms with Gasteiger partial charge in [0.1, 0.15) is 11.5 Å². The molecule has 1 aliphatic heterocycles. The molecule has 0 aliphatic carbocycles. The van der Waals surface area contributed by atoms with Gasteiger partial charge in [-0.3, -0.25) is 4.79 Å². The van der Waals surface area contributed by atoms with E-state index in [4.69, 9.17) is 10.5 Å². The van der Waals surface area contributed by atoms with Crippen LogP contribution in [0.25, 0.3) is 0 Å². The Labute approximate surface area is 108 Å². The van der Waals surface area contributed by atoms with Crippen LogP contribution in [0.3, 0.4) is 0 Å². The molecule has 18 heavy (non-hydrogen) atoms. The fourth-order valence-electron chi connectivity index (χ4n) is 2.49. The van der Waals surface area contributed by atoms with Gasteiger partial charge in [0.05, 0.1) is 12.6 Å². The molecule has 0 saturated carbocycles. The van der Waals surface area contributed by atoms with Gasteiger partial charge in [-0.05, 0) is 30.4 Å². The smallest absolute Gasteiger partial charge is 0.150 e. The van der Waals surface area contributed by atoms with Crippen molar-refractivity contribution in [3.63, 3.8) is 0 Å². The monoisotopic (exact) mass is 247 g/mol. The highest BCUT2D eigenvalue weighted by atomic mass is 16.5. The largest absolute Gasteiger partial charge is 0.493 e. The molecule has 3 heteroatoms. The second-order valence-electron chi connectivity index (χ2n) is 4.94. The molecule has 0 spiro atoms. The van der Waals surface area contributed by atoms with Crippen molar-refractivity contribution in [2.24, 2.45) is 5.73 Å². The Balaban J connectivity index is 2.05. The molecule has 2 atom stereocenters. The highest BCUT2D eigenvalue weighted by molar-refractivity contribution is 5.84. The quantitative estimate of drug-likeness (QED) is 0.870. The van der Waals surface area contributed by atoms with Crippen molar-refractivity contribution >= 4 is 5.78 Å². The van der Waals surface area contributed by atoms with Crippen molar-refractivity contribution in [3.05, 3.63) is 29.8 Å². The number of nitrogens with two attached hydrogens (primary N) is 1. The number of rotatable bonds is 5. The Kier molecular flexibility index (Phi) is 4.37. The fourth-order valence-corrected chi connectivity index (χ4v) is 2.49. The summed E-state index contributed by atoms with van der Waals surface area (Å²) in [6.07, 6.45) is 3.18. The maximum absolute atomic E-state index is 12.0. The van der Waals surface area contributed by atoms with E-state index < -0.39 is 0 Å². The van der Waals surface area contributed by atoms with Gasteiger partial charge in [-0.15, -0.1) is 0 Å². The van der Waals surface area contributed by atoms with E-state index in [1.54, 1.807) is 0 Å². The molecule has 1 aliphatic rings. The number of carbonyl (C=O) groups excluding carboxylic acids is 1. The summed E-state index contributed by atoms with van der Waals surface area (Å²) in [7, 11) is 0. The Bertz CT molecular complexity index is 417. The van der Waals surface area contributed by atoms with Gasteiger partial charge in [0.25, 0.3) is 0 Å². The van der Waals surface area contributed by atoms with E-state index in [0.29, 0.717) is 13.0 Å². The lowest BCUT2D eigenvalue weighted by molar-refractivity contribution is -0.120. The molecule has 1 aromatic carbocycles. The van der Waals surface area contributed by atoms with Gasteiger partial charge in [-0.1, -0.05) is 31.5 Å². The van der Waals surface area contributed by atoms with E-state index in [-0.39, 0.29) is 17.7 Å². The van der Waals surface area contributed by atoms with Gasteiger partial charge in [0, 0.05) is 6.42 Å². The lowest BCUT2D eigenvalue weighted by Gasteiger charge is -2.26. The number of hydrogen-bond acceptors (Lipinski definition) is 3. The number of ether oxygens (including phenoxy) is 1. The molecule has 0 fully saturated rings. The third kappa shape index (κ3) is 2.91. The summed E-state index contributed by atoms with van der Waals surface area (Å²) in [6.45, 7) is 2.74. The Morgan fingerprint density at radius 1 is 1.50 bits per heavy atom. The first-order chi connectivity index (χ1) is 8.72. The minimum atomic E-state index is -0.301. The fraction of sp³-hybridized carbons (Fsp3) is 0.533. The van der Waals surface area contributed by atoms with Gasteiger partial charge >= 0.3 is 0 Å². The van der Waals surface area contributed by atoms with Crippen LogP contribution in [-0.4, -0.2) is 18.4 Å². The normalized spacial score (nSPS) is 19.8. The van der Waals surface area contributed by atoms with Crippen LogP contribution in [0.15, 0.2) is 24.3 Å². The first kappa shape index (κ1) is 13.1. The van der Waals surface area contributed by atoms with Gasteiger partial charge in [0.2, 0.25) is 0 Å². The zero-order valence-corrected chi connectivity index (χ0v) is 10.9. The minimum absolute atomic E-state index is 0.179. The van der Waals surface area contributed by atoms with Crippen molar-refractivity contribution in [2.45, 2.75) is 44.6 Å². The third-order valence-electron chi connectivity index (χ3n) is 3.54. The molecule has 0 saturated heterocycles. The number of carbonyl (C=O) groups is 1. The molecule has 0 bridgehead atoms. The van der Waals surface area contributed by atoms with Crippen LogP contribution in [0.5, 0.6) is 5.75 Å². The summed E-state index contributed by atoms with van der Waals surface area (Å²) in [6, 6.07) is 7.68. The molecule has 3 nitrogen and oxygen atoms in total. The summed E-state index contributed by atoms with van der Waals surface area (Å²) < 4.78 is 5.60. The molecular formula is C15H21NO2. The topological polar surface area (TPSA) is 52.3 Å². The highest BCUT2D eigenvalue weighted by Crippen LogP contribution is 2.35. The average molecular weight is 247 g/mol. The van der Waals surface area contributed by atoms with Crippen molar-refractivity contribution in [3.8, 4) is 5.75 Å². The van der Waals surface area contributed by atoms with Crippen LogP contribution in [0.2, 0.25) is 0 Å². The number of benzene rings is 1. The highest BCUT2D eigenvalue weighted by Gasteiger charge is 2.25. The third-order valence-corrected chi connectivity index (χ3v) is 3.54. The second kappa shape index (κ2) is 6.01. The maximum Gasteiger partial charge on any atom is 0.150 e. The molecule has 2 N–H and O–H groups in total. The lowest BCUT2D eigenvalue weighted by atomic mass is 9.87.